The number of hydrogen-bond acceptors (Lipinski definition) is 4. The zero-order chi connectivity index (χ0) is 21.3. The molecule has 0 bridgehead atoms. The van der Waals surface area contributed by atoms with Gasteiger partial charge in [-0.15, -0.1) is 0 Å². The zero-order valence-corrected chi connectivity index (χ0v) is 17.4. The van der Waals surface area contributed by atoms with Crippen LogP contribution < -0.4 is 14.4 Å². The smallest absolute Gasteiger partial charge is 0.416 e. The molecule has 0 atom stereocenters. The van der Waals surface area contributed by atoms with E-state index in [1.165, 1.54) is 24.4 Å². The van der Waals surface area contributed by atoms with E-state index in [-0.39, 0.29) is 18.5 Å². The van der Waals surface area contributed by atoms with Crippen molar-refractivity contribution in [1.29, 1.82) is 0 Å². The van der Waals surface area contributed by atoms with E-state index in [4.69, 9.17) is 4.74 Å². The number of halogens is 3. The van der Waals surface area contributed by atoms with Gasteiger partial charge in [0.15, 0.2) is 0 Å². The Morgan fingerprint density at radius 1 is 1.13 bits per heavy atom. The van der Waals surface area contributed by atoms with Crippen LogP contribution in [-0.4, -0.2) is 25.6 Å². The zero-order valence-electron chi connectivity index (χ0n) is 16.6. The average molecular weight is 436 g/mol. The van der Waals surface area contributed by atoms with Gasteiger partial charge in [-0.3, -0.25) is 4.79 Å². The van der Waals surface area contributed by atoms with Crippen molar-refractivity contribution in [3.05, 3.63) is 42.0 Å². The molecular weight excluding hydrogens is 413 g/mol. The molecule has 1 aliphatic carbocycles. The predicted octanol–water partition coefficient (Wildman–Crippen LogP) is 5.66. The van der Waals surface area contributed by atoms with Crippen LogP contribution in [0.5, 0.6) is 5.75 Å². The Balaban J connectivity index is 1.64. The van der Waals surface area contributed by atoms with Crippen LogP contribution in [0.3, 0.4) is 0 Å². The summed E-state index contributed by atoms with van der Waals surface area (Å²) in [5.74, 6) is 0.495. The molecule has 1 aliphatic heterocycles. The topological polar surface area (TPSA) is 41.6 Å². The Labute approximate surface area is 177 Å². The van der Waals surface area contributed by atoms with Crippen LogP contribution in [0.25, 0.3) is 11.1 Å². The van der Waals surface area contributed by atoms with E-state index in [1.807, 2.05) is 0 Å². The summed E-state index contributed by atoms with van der Waals surface area (Å²) in [4.78, 5) is 13.4. The first-order valence-electron chi connectivity index (χ1n) is 9.99. The standard InChI is InChI=1S/C22H23F3N2O2S/c1-29-16-8-9-17-18-11-14(22(23,24)25)7-10-19(18)27(30-20(17)12-16)13-21(28)26-15-5-3-2-4-6-15/h7-12,15H,2-6,13H2,1H3,(H,26,28). The first-order chi connectivity index (χ1) is 14.3. The fourth-order valence-corrected chi connectivity index (χ4v) is 5.13. The summed E-state index contributed by atoms with van der Waals surface area (Å²) in [5, 5.41) is 3.08. The number of methoxy groups -OCH3 is 1. The number of alkyl halides is 3. The lowest BCUT2D eigenvalue weighted by molar-refractivity contribution is -0.137. The molecule has 0 saturated heterocycles. The van der Waals surface area contributed by atoms with Gasteiger partial charge in [-0.2, -0.15) is 13.2 Å². The third-order valence-electron chi connectivity index (χ3n) is 5.54. The monoisotopic (exact) mass is 436 g/mol. The fraction of sp³-hybridized carbons (Fsp3) is 0.409. The maximum Gasteiger partial charge on any atom is 0.416 e. The number of anilines is 1. The lowest BCUT2D eigenvalue weighted by Crippen LogP contribution is -2.41. The van der Waals surface area contributed by atoms with E-state index in [0.29, 0.717) is 22.6 Å². The molecule has 2 aliphatic rings. The van der Waals surface area contributed by atoms with Gasteiger partial charge in [-0.1, -0.05) is 19.3 Å². The van der Waals surface area contributed by atoms with Crippen molar-refractivity contribution >= 4 is 23.5 Å². The van der Waals surface area contributed by atoms with Gasteiger partial charge in [0.2, 0.25) is 5.91 Å². The molecule has 8 heteroatoms. The minimum Gasteiger partial charge on any atom is -0.497 e. The van der Waals surface area contributed by atoms with Crippen LogP contribution in [0, 0.1) is 0 Å². The summed E-state index contributed by atoms with van der Waals surface area (Å²) in [6.07, 6.45) is 0.936. The van der Waals surface area contributed by atoms with Gasteiger partial charge >= 0.3 is 6.18 Å². The molecule has 2 aromatic rings. The summed E-state index contributed by atoms with van der Waals surface area (Å²) in [7, 11) is 1.54. The van der Waals surface area contributed by atoms with Crippen molar-refractivity contribution in [2.24, 2.45) is 0 Å². The molecule has 160 valence electrons. The summed E-state index contributed by atoms with van der Waals surface area (Å²) in [6.45, 7) is 0.0657. The number of hydrogen-bond donors (Lipinski definition) is 1. The predicted molar refractivity (Wildman–Crippen MR) is 112 cm³/mol. The highest BCUT2D eigenvalue weighted by Crippen LogP contribution is 2.48. The molecule has 0 spiro atoms. The summed E-state index contributed by atoms with van der Waals surface area (Å²) >= 11 is 1.34. The summed E-state index contributed by atoms with van der Waals surface area (Å²) in [5.41, 5.74) is 1.06. The molecule has 0 unspecified atom stereocenters. The number of rotatable bonds is 4. The van der Waals surface area contributed by atoms with Crippen LogP contribution >= 0.6 is 11.9 Å². The quantitative estimate of drug-likeness (QED) is 0.629. The molecule has 0 radical (unpaired) electrons. The second kappa shape index (κ2) is 8.41. The molecule has 1 amide bonds. The molecule has 1 heterocycles. The van der Waals surface area contributed by atoms with Gasteiger partial charge < -0.3 is 14.4 Å². The largest absolute Gasteiger partial charge is 0.497 e. The molecule has 0 aromatic heterocycles. The van der Waals surface area contributed by atoms with E-state index < -0.39 is 11.7 Å². The Bertz CT molecular complexity index is 942. The van der Waals surface area contributed by atoms with Crippen LogP contribution in [-0.2, 0) is 11.0 Å². The van der Waals surface area contributed by atoms with Crippen molar-refractivity contribution in [1.82, 2.24) is 5.32 Å². The molecule has 4 nitrogen and oxygen atoms in total. The van der Waals surface area contributed by atoms with E-state index in [0.717, 1.165) is 42.7 Å². The van der Waals surface area contributed by atoms with Gasteiger partial charge in [0, 0.05) is 16.5 Å². The van der Waals surface area contributed by atoms with Gasteiger partial charge in [0.25, 0.3) is 0 Å². The second-order valence-corrected chi connectivity index (χ2v) is 8.69. The Hall–Kier alpha value is -2.35. The number of nitrogens with one attached hydrogen (secondary N) is 1. The minimum absolute atomic E-state index is 0.0657. The Morgan fingerprint density at radius 3 is 2.60 bits per heavy atom. The molecule has 30 heavy (non-hydrogen) atoms. The highest BCUT2D eigenvalue weighted by molar-refractivity contribution is 8.01. The van der Waals surface area contributed by atoms with Crippen LogP contribution in [0.2, 0.25) is 0 Å². The highest BCUT2D eigenvalue weighted by Gasteiger charge is 2.33. The number of amides is 1. The lowest BCUT2D eigenvalue weighted by atomic mass is 9.95. The van der Waals surface area contributed by atoms with Crippen LogP contribution in [0.4, 0.5) is 18.9 Å². The van der Waals surface area contributed by atoms with Gasteiger partial charge in [0.1, 0.15) is 12.3 Å². The van der Waals surface area contributed by atoms with E-state index in [9.17, 15) is 18.0 Å². The van der Waals surface area contributed by atoms with Crippen LogP contribution in [0.1, 0.15) is 37.7 Å². The van der Waals surface area contributed by atoms with Crippen molar-refractivity contribution in [3.63, 3.8) is 0 Å². The molecule has 4 rings (SSSR count). The molecule has 2 aromatic carbocycles. The first kappa shape index (κ1) is 20.9. The third kappa shape index (κ3) is 4.38. The van der Waals surface area contributed by atoms with Gasteiger partial charge in [-0.25, -0.2) is 0 Å². The van der Waals surface area contributed by atoms with Crippen molar-refractivity contribution in [3.8, 4) is 16.9 Å². The average Bonchev–Trinajstić information content (AvgIpc) is 2.73. The Morgan fingerprint density at radius 2 is 1.90 bits per heavy atom. The fourth-order valence-electron chi connectivity index (χ4n) is 4.01. The summed E-state index contributed by atoms with van der Waals surface area (Å²) in [6, 6.07) is 9.14. The third-order valence-corrected chi connectivity index (χ3v) is 6.62. The maximum absolute atomic E-state index is 13.3. The maximum atomic E-state index is 13.3. The number of nitrogens with zero attached hydrogens (tertiary/aromatic N) is 1. The SMILES string of the molecule is COc1ccc2c(c1)SN(CC(=O)NC1CCCCC1)c1ccc(C(F)(F)F)cc1-2. The highest BCUT2D eigenvalue weighted by atomic mass is 32.2. The molecule has 1 N–H and O–H groups in total. The van der Waals surface area contributed by atoms with E-state index in [2.05, 4.69) is 5.32 Å². The molecule has 1 saturated carbocycles. The number of benzene rings is 2. The lowest BCUT2D eigenvalue weighted by Gasteiger charge is -2.32. The van der Waals surface area contributed by atoms with Crippen molar-refractivity contribution < 1.29 is 22.7 Å². The van der Waals surface area contributed by atoms with Gasteiger partial charge in [-0.05, 0) is 66.8 Å². The number of carbonyl (C=O) groups excluding carboxylic acids is 1. The van der Waals surface area contributed by atoms with Crippen molar-refractivity contribution in [2.45, 2.75) is 49.2 Å². The van der Waals surface area contributed by atoms with Crippen LogP contribution in [0.15, 0.2) is 41.3 Å². The molecule has 1 fully saturated rings. The number of fused-ring (bicyclic) bond motifs is 3. The normalized spacial score (nSPS) is 16.6. The van der Waals surface area contributed by atoms with E-state index >= 15 is 0 Å². The first-order valence-corrected chi connectivity index (χ1v) is 10.8. The number of ether oxygens (including phenoxy) is 1. The molecular formula is C22H23F3N2O2S. The van der Waals surface area contributed by atoms with Crippen molar-refractivity contribution in [2.75, 3.05) is 18.0 Å². The summed E-state index contributed by atoms with van der Waals surface area (Å²) < 4.78 is 47.0. The van der Waals surface area contributed by atoms with Gasteiger partial charge in [0.05, 0.1) is 18.4 Å². The minimum atomic E-state index is -4.44. The number of carbonyl (C=O) groups is 1. The van der Waals surface area contributed by atoms with E-state index in [1.54, 1.807) is 29.6 Å². The second-order valence-electron chi connectivity index (χ2n) is 7.62. The Kier molecular flexibility index (Phi) is 5.86.